The van der Waals surface area contributed by atoms with Crippen molar-refractivity contribution >= 4 is 12.4 Å². The molecule has 0 aliphatic carbocycles. The summed E-state index contributed by atoms with van der Waals surface area (Å²) in [5.74, 6) is 0.768. The standard InChI is InChI=1S/C43H58N2O3.2ClH/c44-28-18-6-4-2-1-3-5-7-19-29-45(30-31-46,35-37-22-12-9-13-23-37)41(34-39-25-15-17-27-43(39)48)40(32-36-20-10-8-11-21-36)33-38-24-14-16-26-42(38)47;;/h8-17,20-27,40-41,46H,1-7,18-19,28-35,44H2,(H-,47,48);2*1H. The topological polar surface area (TPSA) is 86.7 Å². The van der Waals surface area contributed by atoms with E-state index in [0.717, 1.165) is 60.9 Å². The van der Waals surface area contributed by atoms with Crippen molar-refractivity contribution < 1.29 is 32.2 Å². The van der Waals surface area contributed by atoms with Gasteiger partial charge in [0.2, 0.25) is 0 Å². The van der Waals surface area contributed by atoms with Gasteiger partial charge in [-0.25, -0.2) is 0 Å². The zero-order valence-corrected chi connectivity index (χ0v) is 31.3. The molecule has 5 nitrogen and oxygen atoms in total. The maximum atomic E-state index is 11.1. The summed E-state index contributed by atoms with van der Waals surface area (Å²) in [6.07, 6.45) is 13.1. The van der Waals surface area contributed by atoms with Crippen LogP contribution >= 0.6 is 12.4 Å². The SMILES string of the molecule is Cl.NCCCCCCCCCCC[N+](CCO)(Cc1ccccc1)C(Cc1ccccc1O)C(Cc1ccccc1)Cc1ccccc1O.[Cl-]. The van der Waals surface area contributed by atoms with Gasteiger partial charge in [0, 0.05) is 17.9 Å². The van der Waals surface area contributed by atoms with Crippen molar-refractivity contribution in [2.24, 2.45) is 11.7 Å². The molecular weight excluding hydrogens is 663 g/mol. The number of hydrogen-bond donors (Lipinski definition) is 4. The first-order valence-corrected chi connectivity index (χ1v) is 18.3. The Hall–Kier alpha value is -3.06. The fraction of sp³-hybridized carbons (Fsp3) is 0.442. The lowest BCUT2D eigenvalue weighted by atomic mass is 9.80. The maximum absolute atomic E-state index is 11.1. The quantitative estimate of drug-likeness (QED) is 0.0558. The molecule has 0 radical (unpaired) electrons. The van der Waals surface area contributed by atoms with Crippen molar-refractivity contribution in [2.75, 3.05) is 26.2 Å². The van der Waals surface area contributed by atoms with Crippen LogP contribution in [0.1, 0.15) is 80.0 Å². The largest absolute Gasteiger partial charge is 1.00 e. The number of rotatable bonds is 23. The van der Waals surface area contributed by atoms with Crippen molar-refractivity contribution in [3.63, 3.8) is 0 Å². The summed E-state index contributed by atoms with van der Waals surface area (Å²) in [4.78, 5) is 0. The van der Waals surface area contributed by atoms with E-state index >= 15 is 0 Å². The number of aromatic hydroxyl groups is 2. The Morgan fingerprint density at radius 1 is 0.520 bits per heavy atom. The molecule has 50 heavy (non-hydrogen) atoms. The maximum Gasteiger partial charge on any atom is 0.119 e. The highest BCUT2D eigenvalue weighted by molar-refractivity contribution is 5.85. The van der Waals surface area contributed by atoms with Crippen molar-refractivity contribution in [1.29, 1.82) is 0 Å². The zero-order chi connectivity index (χ0) is 33.9. The van der Waals surface area contributed by atoms with E-state index in [0.29, 0.717) is 30.9 Å². The number of phenols is 2. The minimum Gasteiger partial charge on any atom is -1.00 e. The first kappa shape index (κ1) is 43.1. The summed E-state index contributed by atoms with van der Waals surface area (Å²) in [7, 11) is 0. The van der Waals surface area contributed by atoms with Gasteiger partial charge in [0.05, 0.1) is 19.2 Å². The van der Waals surface area contributed by atoms with Gasteiger partial charge in [0.15, 0.2) is 0 Å². The molecule has 274 valence electrons. The van der Waals surface area contributed by atoms with Crippen LogP contribution in [0.3, 0.4) is 0 Å². The fourth-order valence-electron chi connectivity index (χ4n) is 7.62. The molecule has 0 spiro atoms. The molecule has 0 aliphatic rings. The predicted molar refractivity (Wildman–Crippen MR) is 206 cm³/mol. The van der Waals surface area contributed by atoms with Gasteiger partial charge in [-0.05, 0) is 67.5 Å². The number of nitrogens with zero attached hydrogens (tertiary/aromatic N) is 1. The third-order valence-electron chi connectivity index (χ3n) is 10.2. The number of aliphatic hydroxyl groups is 1. The molecule has 0 saturated heterocycles. The Bertz CT molecular complexity index is 1440. The minimum absolute atomic E-state index is 0. The number of aliphatic hydroxyl groups excluding tert-OH is 1. The van der Waals surface area contributed by atoms with Crippen molar-refractivity contribution in [1.82, 2.24) is 0 Å². The van der Waals surface area contributed by atoms with Gasteiger partial charge in [-0.2, -0.15) is 0 Å². The van der Waals surface area contributed by atoms with Crippen molar-refractivity contribution in [3.05, 3.63) is 131 Å². The lowest BCUT2D eigenvalue weighted by Gasteiger charge is -2.48. The highest BCUT2D eigenvalue weighted by Gasteiger charge is 2.42. The van der Waals surface area contributed by atoms with Crippen LogP contribution in [0.25, 0.3) is 0 Å². The molecular formula is C43H60Cl2N2O3. The van der Waals surface area contributed by atoms with E-state index in [9.17, 15) is 15.3 Å². The van der Waals surface area contributed by atoms with Crippen LogP contribution in [0.4, 0.5) is 0 Å². The van der Waals surface area contributed by atoms with E-state index in [2.05, 4.69) is 60.7 Å². The van der Waals surface area contributed by atoms with Gasteiger partial charge < -0.3 is 37.9 Å². The molecule has 5 N–H and O–H groups in total. The predicted octanol–water partition coefficient (Wildman–Crippen LogP) is 6.02. The second-order valence-corrected chi connectivity index (χ2v) is 13.7. The molecule has 7 heteroatoms. The van der Waals surface area contributed by atoms with Crippen molar-refractivity contribution in [3.8, 4) is 11.5 Å². The number of quaternary nitrogens is 1. The van der Waals surface area contributed by atoms with Crippen LogP contribution in [-0.4, -0.2) is 52.1 Å². The molecule has 0 heterocycles. The summed E-state index contributed by atoms with van der Waals surface area (Å²) in [5, 5.41) is 32.9. The van der Waals surface area contributed by atoms with Gasteiger partial charge in [0.25, 0.3) is 0 Å². The van der Waals surface area contributed by atoms with E-state index in [4.69, 9.17) is 5.73 Å². The van der Waals surface area contributed by atoms with Gasteiger partial charge >= 0.3 is 0 Å². The smallest absolute Gasteiger partial charge is 0.119 e. The third-order valence-corrected chi connectivity index (χ3v) is 10.2. The van der Waals surface area contributed by atoms with Crippen LogP contribution in [0.5, 0.6) is 11.5 Å². The number of nitrogens with two attached hydrogens (primary N) is 1. The Labute approximate surface area is 314 Å². The molecule has 0 aromatic heterocycles. The van der Waals surface area contributed by atoms with E-state index < -0.39 is 0 Å². The number of benzene rings is 4. The molecule has 4 rings (SSSR count). The summed E-state index contributed by atoms with van der Waals surface area (Å²) >= 11 is 0. The molecule has 0 fully saturated rings. The Morgan fingerprint density at radius 3 is 1.50 bits per heavy atom. The average molecular weight is 724 g/mol. The number of hydrogen-bond acceptors (Lipinski definition) is 4. The van der Waals surface area contributed by atoms with Crippen molar-refractivity contribution in [2.45, 2.75) is 89.6 Å². The molecule has 0 saturated carbocycles. The van der Waals surface area contributed by atoms with Gasteiger partial charge in [-0.3, -0.25) is 0 Å². The van der Waals surface area contributed by atoms with E-state index in [1.807, 2.05) is 36.4 Å². The molecule has 3 unspecified atom stereocenters. The molecule has 4 aromatic rings. The normalized spacial score (nSPS) is 13.4. The number of para-hydroxylation sites is 2. The minimum atomic E-state index is 0. The van der Waals surface area contributed by atoms with Crippen LogP contribution < -0.4 is 18.1 Å². The average Bonchev–Trinajstić information content (AvgIpc) is 3.10. The molecule has 0 aliphatic heterocycles. The highest BCUT2D eigenvalue weighted by atomic mass is 35.5. The van der Waals surface area contributed by atoms with Crippen LogP contribution in [0.2, 0.25) is 0 Å². The molecule has 0 bridgehead atoms. The second-order valence-electron chi connectivity index (χ2n) is 13.7. The summed E-state index contributed by atoms with van der Waals surface area (Å²) in [5.41, 5.74) is 10.0. The lowest BCUT2D eigenvalue weighted by Crippen LogP contribution is -3.00. The fourth-order valence-corrected chi connectivity index (χ4v) is 7.62. The zero-order valence-electron chi connectivity index (χ0n) is 29.7. The Morgan fingerprint density at radius 2 is 0.980 bits per heavy atom. The molecule has 0 amide bonds. The Kier molecular flexibility index (Phi) is 20.8. The first-order valence-electron chi connectivity index (χ1n) is 18.3. The Balaban J connectivity index is 0.00000433. The third kappa shape index (κ3) is 13.9. The monoisotopic (exact) mass is 722 g/mol. The number of unbranched alkanes of at least 4 members (excludes halogenated alkanes) is 8. The summed E-state index contributed by atoms with van der Waals surface area (Å²) < 4.78 is 0.721. The van der Waals surface area contributed by atoms with Crippen LogP contribution in [0.15, 0.2) is 109 Å². The van der Waals surface area contributed by atoms with Gasteiger partial charge in [-0.15, -0.1) is 12.4 Å². The summed E-state index contributed by atoms with van der Waals surface area (Å²) in [6, 6.07) is 36.9. The first-order chi connectivity index (χ1) is 23.5. The lowest BCUT2D eigenvalue weighted by molar-refractivity contribution is -0.967. The molecule has 3 atom stereocenters. The van der Waals surface area contributed by atoms with E-state index in [-0.39, 0.29) is 43.4 Å². The van der Waals surface area contributed by atoms with E-state index in [1.165, 1.54) is 49.7 Å². The van der Waals surface area contributed by atoms with Crippen LogP contribution in [0, 0.1) is 5.92 Å². The van der Waals surface area contributed by atoms with Crippen LogP contribution in [-0.2, 0) is 25.8 Å². The number of halogens is 2. The number of phenolic OH excluding ortho intramolecular Hbond substituents is 2. The molecule has 4 aromatic carbocycles. The van der Waals surface area contributed by atoms with Gasteiger partial charge in [-0.1, -0.05) is 136 Å². The van der Waals surface area contributed by atoms with Gasteiger partial charge in [0.1, 0.15) is 24.6 Å². The highest BCUT2D eigenvalue weighted by Crippen LogP contribution is 2.36. The second kappa shape index (κ2) is 24.2. The summed E-state index contributed by atoms with van der Waals surface area (Å²) in [6.45, 7) is 3.24. The van der Waals surface area contributed by atoms with E-state index in [1.54, 1.807) is 12.1 Å².